The van der Waals surface area contributed by atoms with Gasteiger partial charge in [0.2, 0.25) is 5.91 Å². The van der Waals surface area contributed by atoms with Crippen LogP contribution in [0.1, 0.15) is 34.9 Å². The molecule has 0 spiro atoms. The Kier molecular flexibility index (Phi) is 4.26. The average molecular weight is 300 g/mol. The molecule has 21 heavy (non-hydrogen) atoms. The number of anilines is 1. The lowest BCUT2D eigenvalue weighted by Crippen LogP contribution is -2.17. The van der Waals surface area contributed by atoms with E-state index >= 15 is 0 Å². The normalized spacial score (nSPS) is 15.1. The van der Waals surface area contributed by atoms with E-state index in [2.05, 4.69) is 17.4 Å². The molecule has 1 atom stereocenters. The molecular weight excluding hydrogens is 282 g/mol. The van der Waals surface area contributed by atoms with Crippen LogP contribution in [0.3, 0.4) is 0 Å². The Hall–Kier alpha value is -1.80. The van der Waals surface area contributed by atoms with Gasteiger partial charge in [0.25, 0.3) is 0 Å². The fourth-order valence-electron chi connectivity index (χ4n) is 2.79. The molecule has 108 valence electrons. The molecule has 2 aromatic rings. The molecule has 0 heterocycles. The van der Waals surface area contributed by atoms with Crippen LogP contribution in [0.2, 0.25) is 0 Å². The van der Waals surface area contributed by atoms with Crippen molar-refractivity contribution >= 4 is 23.2 Å². The summed E-state index contributed by atoms with van der Waals surface area (Å²) in [6.07, 6.45) is 4.73. The number of hydrogen-bond acceptors (Lipinski definition) is 1. The van der Waals surface area contributed by atoms with Crippen molar-refractivity contribution in [2.24, 2.45) is 0 Å². The maximum Gasteiger partial charge on any atom is 0.246 e. The van der Waals surface area contributed by atoms with E-state index in [1.807, 2.05) is 36.4 Å². The Morgan fingerprint density at radius 1 is 1.00 bits per heavy atom. The van der Waals surface area contributed by atoms with E-state index in [0.29, 0.717) is 0 Å². The van der Waals surface area contributed by atoms with Crippen molar-refractivity contribution in [2.45, 2.75) is 31.1 Å². The number of hydrogen-bond donors (Lipinski definition) is 1. The first kappa shape index (κ1) is 14.2. The summed E-state index contributed by atoms with van der Waals surface area (Å²) in [5, 5.41) is 2.25. The fourth-order valence-corrected chi connectivity index (χ4v) is 2.99. The standard InChI is InChI=1S/C18H18ClNO/c19-17(14-7-2-1-3-8-14)18(21)20-16-11-10-13-6-4-5-9-15(13)12-16/h1-3,7-8,10-12,17H,4-6,9H2,(H,20,21). The smallest absolute Gasteiger partial charge is 0.246 e. The van der Waals surface area contributed by atoms with Crippen LogP contribution >= 0.6 is 11.6 Å². The summed E-state index contributed by atoms with van der Waals surface area (Å²) in [5.41, 5.74) is 4.41. The number of carbonyl (C=O) groups excluding carboxylic acids is 1. The quantitative estimate of drug-likeness (QED) is 0.832. The molecule has 2 aromatic carbocycles. The average Bonchev–Trinajstić information content (AvgIpc) is 2.55. The second-order valence-electron chi connectivity index (χ2n) is 5.45. The van der Waals surface area contributed by atoms with Gasteiger partial charge in [-0.05, 0) is 54.5 Å². The predicted molar refractivity (Wildman–Crippen MR) is 86.7 cm³/mol. The molecule has 0 aliphatic heterocycles. The maximum absolute atomic E-state index is 12.2. The Bertz CT molecular complexity index is 639. The number of nitrogens with one attached hydrogen (secondary N) is 1. The van der Waals surface area contributed by atoms with E-state index in [1.54, 1.807) is 0 Å². The molecule has 1 amide bonds. The van der Waals surface area contributed by atoms with Crippen LogP contribution < -0.4 is 5.32 Å². The number of carbonyl (C=O) groups is 1. The zero-order valence-electron chi connectivity index (χ0n) is 11.8. The lowest BCUT2D eigenvalue weighted by molar-refractivity contribution is -0.116. The van der Waals surface area contributed by atoms with E-state index in [4.69, 9.17) is 11.6 Å². The number of fused-ring (bicyclic) bond motifs is 1. The molecule has 0 saturated heterocycles. The monoisotopic (exact) mass is 299 g/mol. The minimum atomic E-state index is -0.665. The molecule has 3 heteroatoms. The van der Waals surface area contributed by atoms with Crippen molar-refractivity contribution < 1.29 is 4.79 Å². The van der Waals surface area contributed by atoms with E-state index in [1.165, 1.54) is 24.0 Å². The third kappa shape index (κ3) is 3.27. The van der Waals surface area contributed by atoms with Crippen LogP contribution in [0.25, 0.3) is 0 Å². The summed E-state index contributed by atoms with van der Waals surface area (Å²) in [5.74, 6) is -0.182. The Morgan fingerprint density at radius 3 is 2.48 bits per heavy atom. The second-order valence-corrected chi connectivity index (χ2v) is 5.89. The summed E-state index contributed by atoms with van der Waals surface area (Å²) < 4.78 is 0. The van der Waals surface area contributed by atoms with Crippen LogP contribution in [0, 0.1) is 0 Å². The van der Waals surface area contributed by atoms with Gasteiger partial charge in [-0.15, -0.1) is 11.6 Å². The zero-order chi connectivity index (χ0) is 14.7. The molecule has 0 fully saturated rings. The third-order valence-electron chi connectivity index (χ3n) is 3.94. The third-order valence-corrected chi connectivity index (χ3v) is 4.39. The van der Waals surface area contributed by atoms with Crippen molar-refractivity contribution in [3.63, 3.8) is 0 Å². The first-order valence-electron chi connectivity index (χ1n) is 7.36. The van der Waals surface area contributed by atoms with Gasteiger partial charge in [-0.1, -0.05) is 36.4 Å². The molecule has 1 N–H and O–H groups in total. The topological polar surface area (TPSA) is 29.1 Å². The second kappa shape index (κ2) is 6.31. The molecule has 1 aliphatic rings. The molecule has 0 saturated carbocycles. The van der Waals surface area contributed by atoms with Crippen molar-refractivity contribution in [1.29, 1.82) is 0 Å². The van der Waals surface area contributed by atoms with Gasteiger partial charge in [-0.3, -0.25) is 4.79 Å². The van der Waals surface area contributed by atoms with Crippen molar-refractivity contribution in [3.8, 4) is 0 Å². The number of amides is 1. The Morgan fingerprint density at radius 2 is 1.71 bits per heavy atom. The molecular formula is C18H18ClNO. The zero-order valence-corrected chi connectivity index (χ0v) is 12.6. The van der Waals surface area contributed by atoms with Crippen LogP contribution in [0.15, 0.2) is 48.5 Å². The molecule has 0 bridgehead atoms. The van der Waals surface area contributed by atoms with Gasteiger partial charge >= 0.3 is 0 Å². The van der Waals surface area contributed by atoms with E-state index in [9.17, 15) is 4.79 Å². The Balaban J connectivity index is 1.73. The SMILES string of the molecule is O=C(Nc1ccc2c(c1)CCCC2)C(Cl)c1ccccc1. The number of rotatable bonds is 3. The summed E-state index contributed by atoms with van der Waals surface area (Å²) in [4.78, 5) is 12.2. The van der Waals surface area contributed by atoms with Gasteiger partial charge in [-0.25, -0.2) is 0 Å². The van der Waals surface area contributed by atoms with E-state index in [-0.39, 0.29) is 5.91 Å². The van der Waals surface area contributed by atoms with E-state index < -0.39 is 5.38 Å². The van der Waals surface area contributed by atoms with Crippen molar-refractivity contribution in [2.75, 3.05) is 5.32 Å². The molecule has 0 aromatic heterocycles. The first-order valence-corrected chi connectivity index (χ1v) is 7.79. The number of alkyl halides is 1. The van der Waals surface area contributed by atoms with Gasteiger partial charge in [0.1, 0.15) is 5.38 Å². The van der Waals surface area contributed by atoms with Crippen LogP contribution in [0.4, 0.5) is 5.69 Å². The summed E-state index contributed by atoms with van der Waals surface area (Å²) >= 11 is 6.24. The van der Waals surface area contributed by atoms with Gasteiger partial charge in [0.15, 0.2) is 0 Å². The number of benzene rings is 2. The van der Waals surface area contributed by atoms with Gasteiger partial charge in [0, 0.05) is 5.69 Å². The summed E-state index contributed by atoms with van der Waals surface area (Å²) in [6, 6.07) is 15.6. The highest BCUT2D eigenvalue weighted by Crippen LogP contribution is 2.26. The van der Waals surface area contributed by atoms with Crippen LogP contribution in [-0.2, 0) is 17.6 Å². The minimum absolute atomic E-state index is 0.182. The number of aryl methyl sites for hydroxylation is 2. The van der Waals surface area contributed by atoms with Gasteiger partial charge < -0.3 is 5.32 Å². The lowest BCUT2D eigenvalue weighted by atomic mass is 9.91. The predicted octanol–water partition coefficient (Wildman–Crippen LogP) is 4.48. The molecule has 3 rings (SSSR count). The van der Waals surface area contributed by atoms with Crippen molar-refractivity contribution in [1.82, 2.24) is 0 Å². The summed E-state index contributed by atoms with van der Waals surface area (Å²) in [6.45, 7) is 0. The largest absolute Gasteiger partial charge is 0.325 e. The highest BCUT2D eigenvalue weighted by molar-refractivity contribution is 6.32. The van der Waals surface area contributed by atoms with Gasteiger partial charge in [0.05, 0.1) is 0 Å². The van der Waals surface area contributed by atoms with Gasteiger partial charge in [-0.2, -0.15) is 0 Å². The van der Waals surface area contributed by atoms with Crippen LogP contribution in [-0.4, -0.2) is 5.91 Å². The molecule has 1 aliphatic carbocycles. The first-order chi connectivity index (χ1) is 10.2. The minimum Gasteiger partial charge on any atom is -0.325 e. The molecule has 2 nitrogen and oxygen atoms in total. The summed E-state index contributed by atoms with van der Waals surface area (Å²) in [7, 11) is 0. The molecule has 1 unspecified atom stereocenters. The maximum atomic E-state index is 12.2. The van der Waals surface area contributed by atoms with Crippen LogP contribution in [0.5, 0.6) is 0 Å². The lowest BCUT2D eigenvalue weighted by Gasteiger charge is -2.17. The Labute approximate surface area is 130 Å². The highest BCUT2D eigenvalue weighted by atomic mass is 35.5. The highest BCUT2D eigenvalue weighted by Gasteiger charge is 2.18. The van der Waals surface area contributed by atoms with E-state index in [0.717, 1.165) is 24.1 Å². The van der Waals surface area contributed by atoms with Crippen molar-refractivity contribution in [3.05, 3.63) is 65.2 Å². The molecule has 0 radical (unpaired) electrons. The number of halogens is 1. The fraction of sp³-hybridized carbons (Fsp3) is 0.278.